The maximum absolute atomic E-state index is 12.1. The number of sulfone groups is 1. The van der Waals surface area contributed by atoms with Gasteiger partial charge < -0.3 is 17.6 Å². The van der Waals surface area contributed by atoms with Crippen LogP contribution < -0.4 is 9.47 Å². The molecule has 0 saturated heterocycles. The van der Waals surface area contributed by atoms with Crippen molar-refractivity contribution in [1.29, 1.82) is 0 Å². The molecule has 0 aliphatic rings. The van der Waals surface area contributed by atoms with Crippen molar-refractivity contribution in [3.63, 3.8) is 0 Å². The first-order chi connectivity index (χ1) is 16.2. The molecule has 2 aromatic carbocycles. The average Bonchev–Trinajstić information content (AvgIpc) is 2.81. The number of hydrogen-bond donors (Lipinski definition) is 1. The van der Waals surface area contributed by atoms with E-state index in [0.29, 0.717) is 37.7 Å². The fraction of sp³-hybridized carbons (Fsp3) is 0.520. The summed E-state index contributed by atoms with van der Waals surface area (Å²) in [6.45, 7) is 5.33. The number of hydrogen-bond acceptors (Lipinski definition) is 6. The Bertz CT molecular complexity index is 948. The zero-order valence-electron chi connectivity index (χ0n) is 19.7. The van der Waals surface area contributed by atoms with Crippen molar-refractivity contribution in [2.75, 3.05) is 37.2 Å². The Kier molecular flexibility index (Phi) is 12.4. The number of aliphatic hydroxyl groups excluding tert-OH is 1. The number of benzene rings is 2. The molecule has 6 nitrogen and oxygen atoms in total. The molecule has 0 aromatic heterocycles. The Hall–Kier alpha value is -1.07. The van der Waals surface area contributed by atoms with Crippen LogP contribution in [-0.2, 0) is 18.3 Å². The maximum atomic E-state index is 12.1. The highest BCUT2D eigenvalue weighted by Gasteiger charge is 2.23. The van der Waals surface area contributed by atoms with Gasteiger partial charge in [0.25, 0.3) is 0 Å². The quantitative estimate of drug-likeness (QED) is 0.155. The fourth-order valence-corrected chi connectivity index (χ4v) is 5.36. The van der Waals surface area contributed by atoms with Gasteiger partial charge in [-0.05, 0) is 54.7 Å². The van der Waals surface area contributed by atoms with Gasteiger partial charge in [-0.25, -0.2) is 8.42 Å². The second-order valence-corrected chi connectivity index (χ2v) is 11.9. The smallest absolute Gasteiger partial charge is 0.152 e. The van der Waals surface area contributed by atoms with E-state index in [1.807, 2.05) is 36.4 Å². The lowest BCUT2D eigenvalue weighted by Gasteiger charge is -2.26. The summed E-state index contributed by atoms with van der Waals surface area (Å²) < 4.78 is 40.4. The van der Waals surface area contributed by atoms with Crippen molar-refractivity contribution in [3.05, 3.63) is 59.7 Å². The van der Waals surface area contributed by atoms with Crippen LogP contribution in [0.4, 0.5) is 0 Å². The molecule has 0 amide bonds. The molecule has 0 unspecified atom stereocenters. The minimum atomic E-state index is -3.34. The number of unbranched alkanes of at least 4 members (excludes halogenated alkanes) is 1. The predicted molar refractivity (Wildman–Crippen MR) is 145 cm³/mol. The van der Waals surface area contributed by atoms with Gasteiger partial charge in [-0.3, -0.25) is 0 Å². The minimum absolute atomic E-state index is 0.0361. The van der Waals surface area contributed by atoms with Crippen molar-refractivity contribution in [2.24, 2.45) is 0 Å². The summed E-state index contributed by atoms with van der Waals surface area (Å²) in [7, 11) is -3.34. The monoisotopic (exact) mass is 624 g/mol. The van der Waals surface area contributed by atoms with E-state index < -0.39 is 15.9 Å². The second-order valence-electron chi connectivity index (χ2n) is 8.66. The van der Waals surface area contributed by atoms with E-state index in [-0.39, 0.29) is 23.5 Å². The lowest BCUT2D eigenvalue weighted by molar-refractivity contribution is 0.125. The lowest BCUT2D eigenvalue weighted by Crippen LogP contribution is -2.28. The highest BCUT2D eigenvalue weighted by atomic mass is 127. The zero-order chi connectivity index (χ0) is 25.0. The maximum Gasteiger partial charge on any atom is 0.152 e. The van der Waals surface area contributed by atoms with E-state index in [4.69, 9.17) is 24.1 Å². The van der Waals surface area contributed by atoms with Crippen LogP contribution >= 0.6 is 34.6 Å². The summed E-state index contributed by atoms with van der Waals surface area (Å²) in [6.07, 6.45) is 0.918. The van der Waals surface area contributed by atoms with Crippen LogP contribution in [0, 0.1) is 0 Å². The Balaban J connectivity index is 1.89. The molecule has 0 radical (unpaired) electrons. The molecule has 34 heavy (non-hydrogen) atoms. The molecule has 1 N–H and O–H groups in total. The summed E-state index contributed by atoms with van der Waals surface area (Å²) >= 11 is 7.47. The molecule has 0 aliphatic carbocycles. The van der Waals surface area contributed by atoms with Crippen molar-refractivity contribution >= 4 is 44.4 Å². The van der Waals surface area contributed by atoms with E-state index in [1.165, 1.54) is 0 Å². The van der Waals surface area contributed by atoms with E-state index in [9.17, 15) is 13.5 Å². The molecule has 0 aliphatic heterocycles. The number of rotatable bonds is 16. The highest BCUT2D eigenvalue weighted by molar-refractivity contribution is 14.1. The fourth-order valence-electron chi connectivity index (χ4n) is 3.44. The van der Waals surface area contributed by atoms with E-state index in [2.05, 4.69) is 26.0 Å². The topological polar surface area (TPSA) is 82.1 Å². The van der Waals surface area contributed by atoms with Crippen LogP contribution in [0.25, 0.3) is 0 Å². The van der Waals surface area contributed by atoms with Gasteiger partial charge in [0.1, 0.15) is 47.2 Å². The van der Waals surface area contributed by atoms with Crippen LogP contribution in [0.15, 0.2) is 48.5 Å². The molecule has 190 valence electrons. The Morgan fingerprint density at radius 3 is 2.00 bits per heavy atom. The Morgan fingerprint density at radius 2 is 1.47 bits per heavy atom. The molecule has 0 fully saturated rings. The van der Waals surface area contributed by atoms with E-state index >= 15 is 0 Å². The Labute approximate surface area is 222 Å². The molecular weight excluding hydrogens is 591 g/mol. The number of halogens is 2. The highest BCUT2D eigenvalue weighted by Crippen LogP contribution is 2.33. The standard InChI is InChI=1S/C25H34ClIO6S/c1-25(2,20-6-10-23(11-7-20)31-15-5-14-26)21-8-12-24(13-9-21)32-18-22(28)19-34(29,30)17-4-3-16-33-27/h6-13,22,28H,3-5,14-19H2,1-2H3/t22-/m0/s1. The van der Waals surface area contributed by atoms with Crippen LogP contribution in [-0.4, -0.2) is 56.8 Å². The predicted octanol–water partition coefficient (Wildman–Crippen LogP) is 5.32. The van der Waals surface area contributed by atoms with Crippen LogP contribution in [0.3, 0.4) is 0 Å². The van der Waals surface area contributed by atoms with Gasteiger partial charge in [-0.2, -0.15) is 0 Å². The van der Waals surface area contributed by atoms with Gasteiger partial charge in [-0.1, -0.05) is 38.1 Å². The number of alkyl halides is 1. The SMILES string of the molecule is CC(C)(c1ccc(OCCCCl)cc1)c1ccc(OC[C@H](O)CS(=O)(=O)CCCCOI)cc1. The van der Waals surface area contributed by atoms with E-state index in [1.54, 1.807) is 23.0 Å². The number of aliphatic hydroxyl groups is 1. The van der Waals surface area contributed by atoms with Crippen molar-refractivity contribution in [2.45, 2.75) is 44.6 Å². The zero-order valence-corrected chi connectivity index (χ0v) is 23.4. The normalized spacial score (nSPS) is 13.0. The first-order valence-electron chi connectivity index (χ1n) is 11.3. The first kappa shape index (κ1) is 29.2. The summed E-state index contributed by atoms with van der Waals surface area (Å²) in [5.41, 5.74) is 2.02. The summed E-state index contributed by atoms with van der Waals surface area (Å²) in [5.74, 6) is 1.71. The summed E-state index contributed by atoms with van der Waals surface area (Å²) in [5, 5.41) is 10.1. The molecular formula is C25H34ClIO6S. The van der Waals surface area contributed by atoms with Gasteiger partial charge in [0.15, 0.2) is 9.84 Å². The largest absolute Gasteiger partial charge is 0.494 e. The molecule has 2 aromatic rings. The van der Waals surface area contributed by atoms with Gasteiger partial charge >= 0.3 is 0 Å². The molecule has 0 heterocycles. The van der Waals surface area contributed by atoms with Gasteiger partial charge in [0, 0.05) is 11.3 Å². The summed E-state index contributed by atoms with van der Waals surface area (Å²) in [6, 6.07) is 15.7. The lowest BCUT2D eigenvalue weighted by atomic mass is 9.78. The minimum Gasteiger partial charge on any atom is -0.494 e. The second kappa shape index (κ2) is 14.5. The molecule has 0 saturated carbocycles. The molecule has 0 bridgehead atoms. The third-order valence-electron chi connectivity index (χ3n) is 5.51. The summed E-state index contributed by atoms with van der Waals surface area (Å²) in [4.78, 5) is 0. The number of ether oxygens (including phenoxy) is 2. The molecule has 0 spiro atoms. The van der Waals surface area contributed by atoms with E-state index in [0.717, 1.165) is 23.3 Å². The Morgan fingerprint density at radius 1 is 0.912 bits per heavy atom. The van der Waals surface area contributed by atoms with Crippen molar-refractivity contribution in [1.82, 2.24) is 0 Å². The molecule has 2 rings (SSSR count). The van der Waals surface area contributed by atoms with Gasteiger partial charge in [0.05, 0.1) is 24.7 Å². The van der Waals surface area contributed by atoms with Crippen molar-refractivity contribution in [3.8, 4) is 11.5 Å². The third-order valence-corrected chi connectivity index (χ3v) is 8.03. The van der Waals surface area contributed by atoms with Gasteiger partial charge in [-0.15, -0.1) is 11.6 Å². The van der Waals surface area contributed by atoms with Crippen LogP contribution in [0.2, 0.25) is 0 Å². The first-order valence-corrected chi connectivity index (χ1v) is 14.6. The third kappa shape index (κ3) is 9.89. The van der Waals surface area contributed by atoms with Gasteiger partial charge in [0.2, 0.25) is 0 Å². The molecule has 1 atom stereocenters. The van der Waals surface area contributed by atoms with Crippen molar-refractivity contribution < 1.29 is 26.1 Å². The van der Waals surface area contributed by atoms with Crippen LogP contribution in [0.5, 0.6) is 11.5 Å². The average molecular weight is 625 g/mol. The molecule has 9 heteroatoms. The van der Waals surface area contributed by atoms with Crippen LogP contribution in [0.1, 0.15) is 44.2 Å².